The summed E-state index contributed by atoms with van der Waals surface area (Å²) in [6.07, 6.45) is 1.56. The molecule has 208 valence electrons. The highest BCUT2D eigenvalue weighted by molar-refractivity contribution is 9.10. The van der Waals surface area contributed by atoms with Crippen molar-refractivity contribution in [2.75, 3.05) is 18.0 Å². The summed E-state index contributed by atoms with van der Waals surface area (Å²) in [6.45, 7) is 7.18. The molecule has 1 heterocycles. The Hall–Kier alpha value is -3.89. The molecule has 0 aliphatic heterocycles. The third-order valence-electron chi connectivity index (χ3n) is 6.43. The average molecular weight is 624 g/mol. The highest BCUT2D eigenvalue weighted by Crippen LogP contribution is 2.33. The highest BCUT2D eigenvalue weighted by Gasteiger charge is 2.29. The van der Waals surface area contributed by atoms with Crippen molar-refractivity contribution >= 4 is 43.8 Å². The van der Waals surface area contributed by atoms with E-state index in [2.05, 4.69) is 31.0 Å². The Kier molecular flexibility index (Phi) is 8.80. The van der Waals surface area contributed by atoms with Crippen LogP contribution < -0.4 is 14.5 Å². The predicted octanol–water partition coefficient (Wildman–Crippen LogP) is 5.83. The van der Waals surface area contributed by atoms with Gasteiger partial charge in [-0.1, -0.05) is 45.8 Å². The zero-order chi connectivity index (χ0) is 29.0. The average Bonchev–Trinajstić information content (AvgIpc) is 3.19. The van der Waals surface area contributed by atoms with Crippen molar-refractivity contribution < 1.29 is 17.9 Å². The Morgan fingerprint density at radius 3 is 2.38 bits per heavy atom. The van der Waals surface area contributed by atoms with Crippen molar-refractivity contribution in [3.8, 4) is 11.4 Å². The number of hydrazone groups is 1. The fraction of sp³-hybridized carbons (Fsp3) is 0.200. The first kappa shape index (κ1) is 29.1. The van der Waals surface area contributed by atoms with Gasteiger partial charge in [-0.15, -0.1) is 0 Å². The molecule has 8 nitrogen and oxygen atoms in total. The molecule has 0 aliphatic carbocycles. The lowest BCUT2D eigenvalue weighted by Crippen LogP contribution is -2.39. The number of hydrogen-bond acceptors (Lipinski definition) is 5. The lowest BCUT2D eigenvalue weighted by Gasteiger charge is -2.25. The van der Waals surface area contributed by atoms with Crippen LogP contribution in [-0.4, -0.2) is 38.8 Å². The minimum Gasteiger partial charge on any atom is -0.495 e. The van der Waals surface area contributed by atoms with E-state index < -0.39 is 22.5 Å². The van der Waals surface area contributed by atoms with Crippen LogP contribution in [0.4, 0.5) is 5.69 Å². The summed E-state index contributed by atoms with van der Waals surface area (Å²) in [5.41, 5.74) is 8.26. The number of aromatic nitrogens is 1. The molecule has 3 aromatic carbocycles. The van der Waals surface area contributed by atoms with E-state index in [1.165, 1.54) is 19.2 Å². The van der Waals surface area contributed by atoms with Gasteiger partial charge >= 0.3 is 0 Å². The first-order chi connectivity index (χ1) is 19.0. The zero-order valence-corrected chi connectivity index (χ0v) is 25.4. The van der Waals surface area contributed by atoms with E-state index in [0.717, 1.165) is 42.5 Å². The number of carbonyl (C=O) groups excluding carboxylic acids is 1. The normalized spacial score (nSPS) is 11.6. The number of carbonyl (C=O) groups is 1. The minimum atomic E-state index is -4.10. The summed E-state index contributed by atoms with van der Waals surface area (Å²) in [4.78, 5) is 13.1. The molecular weight excluding hydrogens is 592 g/mol. The lowest BCUT2D eigenvalue weighted by atomic mass is 10.2. The standard InChI is InChI=1S/C30H31BrN4O4S/c1-20-9-12-27(13-10-20)40(37,38)34(28-15-21(2)11-14-29(28)39-5)19-30(36)33-32-18-24-16-22(3)35(23(24)4)26-8-6-7-25(31)17-26/h6-18H,19H2,1-5H3,(H,33,36)/b32-18-. The van der Waals surface area contributed by atoms with Crippen LogP contribution in [0.3, 0.4) is 0 Å². The molecule has 0 unspecified atom stereocenters. The number of rotatable bonds is 9. The molecule has 4 aromatic rings. The molecule has 40 heavy (non-hydrogen) atoms. The fourth-order valence-electron chi connectivity index (χ4n) is 4.40. The number of benzene rings is 3. The summed E-state index contributed by atoms with van der Waals surface area (Å²) in [5.74, 6) is -0.270. The lowest BCUT2D eigenvalue weighted by molar-refractivity contribution is -0.119. The second-order valence-corrected chi connectivity index (χ2v) is 12.2. The molecular formula is C30H31BrN4O4S. The Balaban J connectivity index is 1.61. The topological polar surface area (TPSA) is 93.0 Å². The van der Waals surface area contributed by atoms with Gasteiger partial charge in [0.15, 0.2) is 0 Å². The Morgan fingerprint density at radius 2 is 1.70 bits per heavy atom. The number of ether oxygens (including phenoxy) is 1. The van der Waals surface area contributed by atoms with E-state index in [1.807, 2.05) is 64.1 Å². The number of nitrogens with one attached hydrogen (secondary N) is 1. The number of halogens is 1. The van der Waals surface area contributed by atoms with Gasteiger partial charge in [0.05, 0.1) is 23.9 Å². The van der Waals surface area contributed by atoms with Gasteiger partial charge in [-0.05, 0) is 81.8 Å². The maximum absolute atomic E-state index is 13.7. The van der Waals surface area contributed by atoms with Crippen LogP contribution in [0.5, 0.6) is 5.75 Å². The Bertz CT molecular complexity index is 1680. The van der Waals surface area contributed by atoms with Gasteiger partial charge in [-0.3, -0.25) is 9.10 Å². The van der Waals surface area contributed by atoms with Gasteiger partial charge in [-0.25, -0.2) is 13.8 Å². The van der Waals surface area contributed by atoms with Crippen molar-refractivity contribution in [2.45, 2.75) is 32.6 Å². The summed E-state index contributed by atoms with van der Waals surface area (Å²) in [6, 6.07) is 21.6. The molecule has 0 spiro atoms. The number of methoxy groups -OCH3 is 1. The molecule has 0 bridgehead atoms. The van der Waals surface area contributed by atoms with Gasteiger partial charge in [0.2, 0.25) is 0 Å². The number of sulfonamides is 1. The van der Waals surface area contributed by atoms with Gasteiger partial charge in [0.25, 0.3) is 15.9 Å². The van der Waals surface area contributed by atoms with E-state index >= 15 is 0 Å². The van der Waals surface area contributed by atoms with Crippen molar-refractivity contribution in [3.63, 3.8) is 0 Å². The summed E-state index contributed by atoms with van der Waals surface area (Å²) < 4.78 is 37.0. The number of amides is 1. The fourth-order valence-corrected chi connectivity index (χ4v) is 6.21. The molecule has 1 aromatic heterocycles. The van der Waals surface area contributed by atoms with Gasteiger partial charge in [-0.2, -0.15) is 5.10 Å². The monoisotopic (exact) mass is 622 g/mol. The third-order valence-corrected chi connectivity index (χ3v) is 8.70. The van der Waals surface area contributed by atoms with Crippen LogP contribution in [0, 0.1) is 27.7 Å². The second kappa shape index (κ2) is 12.1. The summed E-state index contributed by atoms with van der Waals surface area (Å²) >= 11 is 3.51. The van der Waals surface area contributed by atoms with Gasteiger partial charge in [0.1, 0.15) is 12.3 Å². The summed E-state index contributed by atoms with van der Waals surface area (Å²) in [7, 11) is -2.64. The maximum atomic E-state index is 13.7. The largest absolute Gasteiger partial charge is 0.495 e. The van der Waals surface area contributed by atoms with E-state index in [4.69, 9.17) is 4.74 Å². The van der Waals surface area contributed by atoms with Crippen molar-refractivity contribution in [1.82, 2.24) is 9.99 Å². The number of nitrogens with zero attached hydrogens (tertiary/aromatic N) is 3. The van der Waals surface area contributed by atoms with Crippen molar-refractivity contribution in [1.29, 1.82) is 0 Å². The maximum Gasteiger partial charge on any atom is 0.264 e. The van der Waals surface area contributed by atoms with Crippen LogP contribution in [0.25, 0.3) is 5.69 Å². The van der Waals surface area contributed by atoms with Crippen LogP contribution >= 0.6 is 15.9 Å². The number of anilines is 1. The molecule has 4 rings (SSSR count). The Labute approximate surface area is 243 Å². The van der Waals surface area contributed by atoms with Gasteiger partial charge < -0.3 is 9.30 Å². The number of hydrogen-bond donors (Lipinski definition) is 1. The van der Waals surface area contributed by atoms with Crippen LogP contribution in [0.2, 0.25) is 0 Å². The molecule has 0 fully saturated rings. The van der Waals surface area contributed by atoms with Crippen molar-refractivity contribution in [2.24, 2.45) is 5.10 Å². The van der Waals surface area contributed by atoms with Crippen LogP contribution in [0.1, 0.15) is 28.1 Å². The molecule has 0 saturated carbocycles. The SMILES string of the molecule is COc1ccc(C)cc1N(CC(=O)N/N=C\c1cc(C)n(-c2cccc(Br)c2)c1C)S(=O)(=O)c1ccc(C)cc1. The Morgan fingerprint density at radius 1 is 1.00 bits per heavy atom. The molecule has 1 amide bonds. The van der Waals surface area contributed by atoms with E-state index in [9.17, 15) is 13.2 Å². The molecule has 0 radical (unpaired) electrons. The molecule has 0 atom stereocenters. The predicted molar refractivity (Wildman–Crippen MR) is 162 cm³/mol. The molecule has 0 aliphatic rings. The van der Waals surface area contributed by atoms with Gasteiger partial charge in [0, 0.05) is 27.1 Å². The van der Waals surface area contributed by atoms with Crippen LogP contribution in [-0.2, 0) is 14.8 Å². The van der Waals surface area contributed by atoms with E-state index in [1.54, 1.807) is 30.5 Å². The van der Waals surface area contributed by atoms with Crippen molar-refractivity contribution in [3.05, 3.63) is 105 Å². The highest BCUT2D eigenvalue weighted by atomic mass is 79.9. The first-order valence-corrected chi connectivity index (χ1v) is 14.8. The molecule has 10 heteroatoms. The third kappa shape index (κ3) is 6.29. The second-order valence-electron chi connectivity index (χ2n) is 9.43. The zero-order valence-electron chi connectivity index (χ0n) is 23.0. The number of aryl methyl sites for hydroxylation is 3. The smallest absolute Gasteiger partial charge is 0.264 e. The summed E-state index contributed by atoms with van der Waals surface area (Å²) in [5, 5.41) is 4.14. The molecule has 0 saturated heterocycles. The first-order valence-electron chi connectivity index (χ1n) is 12.5. The quantitative estimate of drug-likeness (QED) is 0.188. The van der Waals surface area contributed by atoms with Crippen LogP contribution in [0.15, 0.2) is 87.3 Å². The van der Waals surface area contributed by atoms with E-state index in [0.29, 0.717) is 5.75 Å². The van der Waals surface area contributed by atoms with E-state index in [-0.39, 0.29) is 10.6 Å². The minimum absolute atomic E-state index is 0.0675. The molecule has 1 N–H and O–H groups in total.